The molecule has 114 valence electrons. The maximum atomic E-state index is 5.75. The average Bonchev–Trinajstić information content (AvgIpc) is 2.35. The molecule has 0 unspecified atom stereocenters. The van der Waals surface area contributed by atoms with Crippen molar-refractivity contribution in [3.8, 4) is 0 Å². The second kappa shape index (κ2) is 11.0. The monoisotopic (exact) mass is 303 g/mol. The van der Waals surface area contributed by atoms with Gasteiger partial charge in [0.25, 0.3) is 0 Å². The molecule has 0 N–H and O–H groups in total. The van der Waals surface area contributed by atoms with Gasteiger partial charge in [-0.05, 0) is 32.9 Å². The summed E-state index contributed by atoms with van der Waals surface area (Å²) in [6.45, 7) is 14.3. The van der Waals surface area contributed by atoms with Crippen LogP contribution in [0.25, 0.3) is 0 Å². The number of ether oxygens (including phenoxy) is 2. The number of hydrogen-bond donors (Lipinski definition) is 0. The van der Waals surface area contributed by atoms with E-state index in [0.29, 0.717) is 0 Å². The molecule has 0 saturated heterocycles. The summed E-state index contributed by atoms with van der Waals surface area (Å²) >= 11 is 0. The zero-order valence-corrected chi connectivity index (χ0v) is 15.8. The molecule has 19 heavy (non-hydrogen) atoms. The van der Waals surface area contributed by atoms with Gasteiger partial charge in [0.05, 0.1) is 0 Å². The van der Waals surface area contributed by atoms with Gasteiger partial charge in [-0.1, -0.05) is 39.5 Å². The topological polar surface area (TPSA) is 21.7 Å². The highest BCUT2D eigenvalue weighted by molar-refractivity contribution is 6.73. The minimum atomic E-state index is -1.11. The molecule has 0 aromatic heterocycles. The molecule has 0 fully saturated rings. The minimum Gasteiger partial charge on any atom is -0.357 e. The molecular weight excluding hydrogens is 270 g/mol. The lowest BCUT2D eigenvalue weighted by atomic mass is 10.5. The quantitative estimate of drug-likeness (QED) is 0.313. The summed E-state index contributed by atoms with van der Waals surface area (Å²) in [5.41, 5.74) is 0. The summed E-state index contributed by atoms with van der Waals surface area (Å²) in [7, 11) is 1.92. The van der Waals surface area contributed by atoms with Crippen molar-refractivity contribution in [3.05, 3.63) is 0 Å². The summed E-state index contributed by atoms with van der Waals surface area (Å²) in [6.07, 6.45) is 3.38. The fourth-order valence-corrected chi connectivity index (χ4v) is 3.39. The maximum absolute atomic E-state index is 5.75. The summed E-state index contributed by atoms with van der Waals surface area (Å²) in [6, 6.07) is 1.22. The van der Waals surface area contributed by atoms with Gasteiger partial charge in [0.15, 0.2) is 0 Å². The lowest BCUT2D eigenvalue weighted by Crippen LogP contribution is -2.43. The van der Waals surface area contributed by atoms with Crippen LogP contribution >= 0.6 is 0 Å². The van der Waals surface area contributed by atoms with Gasteiger partial charge in [-0.2, -0.15) is 0 Å². The third kappa shape index (κ3) is 10.7. The van der Waals surface area contributed by atoms with Crippen LogP contribution < -0.4 is 0 Å². The van der Waals surface area contributed by atoms with Gasteiger partial charge in [0.1, 0.15) is 23.7 Å². The molecule has 5 heteroatoms. The normalized spacial score (nSPS) is 12.6. The first-order chi connectivity index (χ1) is 8.91. The van der Waals surface area contributed by atoms with E-state index in [1.807, 2.05) is 0 Å². The lowest BCUT2D eigenvalue weighted by molar-refractivity contribution is -0.0904. The Morgan fingerprint density at radius 2 is 1.58 bits per heavy atom. The first-order valence-electron chi connectivity index (χ1n) is 7.59. The van der Waals surface area contributed by atoms with Crippen molar-refractivity contribution in [1.29, 1.82) is 0 Å². The van der Waals surface area contributed by atoms with Gasteiger partial charge < -0.3 is 14.0 Å². The number of rotatable bonds is 12. The largest absolute Gasteiger partial charge is 0.357 e. The SMILES string of the molecule is CCCOC(OCCC)[Si]CCCN(C)[Si](C)(C)C. The van der Waals surface area contributed by atoms with Crippen molar-refractivity contribution in [2.75, 3.05) is 26.8 Å². The van der Waals surface area contributed by atoms with Gasteiger partial charge in [-0.3, -0.25) is 0 Å². The Hall–Kier alpha value is 0.314. The van der Waals surface area contributed by atoms with E-state index in [2.05, 4.69) is 45.1 Å². The van der Waals surface area contributed by atoms with E-state index in [1.54, 1.807) is 0 Å². The number of nitrogens with zero attached hydrogens (tertiary/aromatic N) is 1. The molecule has 0 bridgehead atoms. The highest BCUT2D eigenvalue weighted by Crippen LogP contribution is 2.08. The standard InChI is InChI=1S/C14H33NO2Si2/c1-7-11-16-14(17-12-8-2)18-13-9-10-15(3)19(4,5)6/h14H,7-13H2,1-6H3. The molecule has 0 aliphatic carbocycles. The highest BCUT2D eigenvalue weighted by atomic mass is 28.3. The van der Waals surface area contributed by atoms with Gasteiger partial charge in [0.2, 0.25) is 0 Å². The Bertz CT molecular complexity index is 202. The van der Waals surface area contributed by atoms with Crippen LogP contribution in [0.2, 0.25) is 25.7 Å². The van der Waals surface area contributed by atoms with Gasteiger partial charge in [0, 0.05) is 13.2 Å². The van der Waals surface area contributed by atoms with Crippen molar-refractivity contribution in [3.63, 3.8) is 0 Å². The summed E-state index contributed by atoms with van der Waals surface area (Å²) in [4.78, 5) is 0. The molecule has 2 radical (unpaired) electrons. The van der Waals surface area contributed by atoms with Crippen molar-refractivity contribution < 1.29 is 9.47 Å². The van der Waals surface area contributed by atoms with Crippen LogP contribution in [-0.2, 0) is 9.47 Å². The first-order valence-corrected chi connectivity index (χ1v) is 12.3. The van der Waals surface area contributed by atoms with Crippen LogP contribution in [0.3, 0.4) is 0 Å². The van der Waals surface area contributed by atoms with Gasteiger partial charge in [-0.25, -0.2) is 0 Å². The molecule has 0 saturated carbocycles. The fourth-order valence-electron chi connectivity index (χ4n) is 1.49. The van der Waals surface area contributed by atoms with Crippen molar-refractivity contribution in [2.45, 2.75) is 64.7 Å². The third-order valence-corrected chi connectivity index (χ3v) is 6.90. The van der Waals surface area contributed by atoms with E-state index in [9.17, 15) is 0 Å². The maximum Gasteiger partial charge on any atom is 0.137 e. The van der Waals surface area contributed by atoms with Crippen molar-refractivity contribution in [2.24, 2.45) is 0 Å². The molecule has 0 amide bonds. The second-order valence-electron chi connectivity index (χ2n) is 5.97. The smallest absolute Gasteiger partial charge is 0.137 e. The predicted octanol–water partition coefficient (Wildman–Crippen LogP) is 3.40. The molecular formula is C14H33NO2Si2. The van der Waals surface area contributed by atoms with E-state index in [1.165, 1.54) is 19.0 Å². The van der Waals surface area contributed by atoms with Gasteiger partial charge >= 0.3 is 0 Å². The molecule has 0 aliphatic rings. The summed E-state index contributed by atoms with van der Waals surface area (Å²) < 4.78 is 14.1. The van der Waals surface area contributed by atoms with Crippen LogP contribution in [0, 0.1) is 0 Å². The predicted molar refractivity (Wildman–Crippen MR) is 87.4 cm³/mol. The fraction of sp³-hybridized carbons (Fsp3) is 1.00. The Morgan fingerprint density at radius 1 is 1.05 bits per heavy atom. The molecule has 0 atom stereocenters. The first kappa shape index (κ1) is 19.3. The van der Waals surface area contributed by atoms with Crippen LogP contribution in [0.5, 0.6) is 0 Å². The minimum absolute atomic E-state index is 0.0390. The molecule has 0 spiro atoms. The Labute approximate surface area is 124 Å². The molecule has 0 heterocycles. The van der Waals surface area contributed by atoms with E-state index in [4.69, 9.17) is 9.47 Å². The summed E-state index contributed by atoms with van der Waals surface area (Å²) in [5.74, 6) is 0.0390. The lowest BCUT2D eigenvalue weighted by Gasteiger charge is -2.30. The van der Waals surface area contributed by atoms with Crippen LogP contribution in [0.15, 0.2) is 0 Å². The molecule has 0 rings (SSSR count). The van der Waals surface area contributed by atoms with E-state index < -0.39 is 8.24 Å². The van der Waals surface area contributed by atoms with Crippen LogP contribution in [-0.4, -0.2) is 55.0 Å². The Balaban J connectivity index is 3.78. The molecule has 0 aromatic carbocycles. The molecule has 0 aromatic rings. The van der Waals surface area contributed by atoms with Crippen LogP contribution in [0.4, 0.5) is 0 Å². The number of hydrogen-bond acceptors (Lipinski definition) is 3. The summed E-state index contributed by atoms with van der Waals surface area (Å²) in [5, 5.41) is 0. The van der Waals surface area contributed by atoms with E-state index in [0.717, 1.165) is 35.6 Å². The Kier molecular flexibility index (Phi) is 11.2. The second-order valence-corrected chi connectivity index (χ2v) is 12.5. The van der Waals surface area contributed by atoms with Crippen molar-refractivity contribution in [1.82, 2.24) is 4.57 Å². The molecule has 3 nitrogen and oxygen atoms in total. The zero-order chi connectivity index (χ0) is 14.7. The van der Waals surface area contributed by atoms with Crippen LogP contribution in [0.1, 0.15) is 33.1 Å². The third-order valence-electron chi connectivity index (χ3n) is 3.07. The van der Waals surface area contributed by atoms with E-state index >= 15 is 0 Å². The van der Waals surface area contributed by atoms with Gasteiger partial charge in [-0.15, -0.1) is 0 Å². The highest BCUT2D eigenvalue weighted by Gasteiger charge is 2.19. The zero-order valence-electron chi connectivity index (χ0n) is 13.8. The Morgan fingerprint density at radius 3 is 2.00 bits per heavy atom. The molecule has 0 aliphatic heterocycles. The van der Waals surface area contributed by atoms with Crippen molar-refractivity contribution >= 4 is 17.8 Å². The average molecular weight is 304 g/mol. The van der Waals surface area contributed by atoms with E-state index in [-0.39, 0.29) is 5.91 Å².